The lowest BCUT2D eigenvalue weighted by Crippen LogP contribution is -2.48. The van der Waals surface area contributed by atoms with Gasteiger partial charge in [0, 0.05) is 51.0 Å². The van der Waals surface area contributed by atoms with Crippen LogP contribution < -0.4 is 0 Å². The van der Waals surface area contributed by atoms with Crippen LogP contribution in [0.2, 0.25) is 0 Å². The Labute approximate surface area is 149 Å². The topological polar surface area (TPSA) is 36.4 Å². The van der Waals surface area contributed by atoms with Crippen molar-refractivity contribution in [1.29, 1.82) is 0 Å². The molecule has 4 heteroatoms. The first-order valence-electron chi connectivity index (χ1n) is 8.93. The number of benzene rings is 1. The van der Waals surface area contributed by atoms with Gasteiger partial charge in [-0.1, -0.05) is 48.6 Å². The van der Waals surface area contributed by atoms with Gasteiger partial charge in [0.15, 0.2) is 0 Å². The number of amides is 1. The van der Waals surface area contributed by atoms with Crippen molar-refractivity contribution in [2.45, 2.75) is 12.8 Å². The summed E-state index contributed by atoms with van der Waals surface area (Å²) in [4.78, 5) is 21.0. The van der Waals surface area contributed by atoms with Crippen molar-refractivity contribution < 1.29 is 4.79 Å². The van der Waals surface area contributed by atoms with E-state index in [1.807, 2.05) is 29.2 Å². The minimum absolute atomic E-state index is 0.241. The maximum atomic E-state index is 12.3. The molecule has 0 spiro atoms. The molecule has 2 aromatic rings. The summed E-state index contributed by atoms with van der Waals surface area (Å²) in [6.45, 7) is 4.45. The molecule has 0 unspecified atom stereocenters. The molecule has 1 fully saturated rings. The number of pyridine rings is 1. The van der Waals surface area contributed by atoms with Crippen LogP contribution in [0.5, 0.6) is 0 Å². The molecule has 1 aliphatic heterocycles. The number of carbonyl (C=O) groups excluding carboxylic acids is 1. The standard InChI is InChI=1S/C21H25N3O/c25-21(12-11-20-10-4-5-13-22-20)24-17-15-23(16-18-24)14-6-9-19-7-2-1-3-8-19/h1-10,13H,11-12,14-18H2/b9-6+. The van der Waals surface area contributed by atoms with Crippen molar-refractivity contribution in [3.05, 3.63) is 72.1 Å². The van der Waals surface area contributed by atoms with Gasteiger partial charge in [-0.05, 0) is 24.1 Å². The Morgan fingerprint density at radius 2 is 1.76 bits per heavy atom. The predicted octanol–water partition coefficient (Wildman–Crippen LogP) is 2.87. The SMILES string of the molecule is O=C(CCc1ccccn1)N1CCN(C/C=C/c2ccccc2)CC1. The fourth-order valence-electron chi connectivity index (χ4n) is 3.02. The zero-order chi connectivity index (χ0) is 17.3. The van der Waals surface area contributed by atoms with Crippen LogP contribution in [0, 0.1) is 0 Å². The predicted molar refractivity (Wildman–Crippen MR) is 101 cm³/mol. The van der Waals surface area contributed by atoms with Crippen molar-refractivity contribution in [2.24, 2.45) is 0 Å². The Hall–Kier alpha value is -2.46. The summed E-state index contributed by atoms with van der Waals surface area (Å²) in [5, 5.41) is 0. The summed E-state index contributed by atoms with van der Waals surface area (Å²) in [6.07, 6.45) is 7.41. The van der Waals surface area contributed by atoms with Gasteiger partial charge in [0.1, 0.15) is 0 Å². The summed E-state index contributed by atoms with van der Waals surface area (Å²) in [7, 11) is 0. The lowest BCUT2D eigenvalue weighted by atomic mass is 10.2. The van der Waals surface area contributed by atoms with Gasteiger partial charge in [-0.25, -0.2) is 0 Å². The zero-order valence-corrected chi connectivity index (χ0v) is 14.6. The summed E-state index contributed by atoms with van der Waals surface area (Å²) in [5.41, 5.74) is 2.21. The molecule has 1 saturated heterocycles. The van der Waals surface area contributed by atoms with E-state index >= 15 is 0 Å². The van der Waals surface area contributed by atoms with Crippen LogP contribution in [0.15, 0.2) is 60.8 Å². The van der Waals surface area contributed by atoms with Crippen LogP contribution in [0.1, 0.15) is 17.7 Å². The van der Waals surface area contributed by atoms with E-state index < -0.39 is 0 Å². The molecule has 1 aromatic carbocycles. The van der Waals surface area contributed by atoms with E-state index in [-0.39, 0.29) is 5.91 Å². The van der Waals surface area contributed by atoms with Crippen LogP contribution in [0.25, 0.3) is 6.08 Å². The zero-order valence-electron chi connectivity index (χ0n) is 14.6. The second-order valence-electron chi connectivity index (χ2n) is 6.32. The first-order valence-corrected chi connectivity index (χ1v) is 8.93. The first kappa shape index (κ1) is 17.4. The Bertz CT molecular complexity index is 677. The fourth-order valence-corrected chi connectivity index (χ4v) is 3.02. The van der Waals surface area contributed by atoms with Crippen molar-refractivity contribution in [2.75, 3.05) is 32.7 Å². The summed E-state index contributed by atoms with van der Waals surface area (Å²) < 4.78 is 0. The smallest absolute Gasteiger partial charge is 0.223 e. The molecule has 0 saturated carbocycles. The van der Waals surface area contributed by atoms with Gasteiger partial charge in [-0.2, -0.15) is 0 Å². The summed E-state index contributed by atoms with van der Waals surface area (Å²) in [5.74, 6) is 0.241. The molecular weight excluding hydrogens is 310 g/mol. The molecule has 0 aliphatic carbocycles. The highest BCUT2D eigenvalue weighted by Crippen LogP contribution is 2.07. The molecule has 1 aromatic heterocycles. The maximum absolute atomic E-state index is 12.3. The Morgan fingerprint density at radius 3 is 2.48 bits per heavy atom. The van der Waals surface area contributed by atoms with Crippen molar-refractivity contribution in [3.8, 4) is 0 Å². The van der Waals surface area contributed by atoms with E-state index in [1.165, 1.54) is 5.56 Å². The third-order valence-corrected chi connectivity index (χ3v) is 4.52. The van der Waals surface area contributed by atoms with E-state index in [4.69, 9.17) is 0 Å². The minimum Gasteiger partial charge on any atom is -0.340 e. The summed E-state index contributed by atoms with van der Waals surface area (Å²) >= 11 is 0. The molecule has 130 valence electrons. The molecule has 0 atom stereocenters. The number of rotatable bonds is 6. The molecule has 0 bridgehead atoms. The molecule has 2 heterocycles. The molecule has 3 rings (SSSR count). The van der Waals surface area contributed by atoms with Crippen LogP contribution >= 0.6 is 0 Å². The third kappa shape index (κ3) is 5.54. The maximum Gasteiger partial charge on any atom is 0.223 e. The van der Waals surface area contributed by atoms with Crippen LogP contribution in [-0.2, 0) is 11.2 Å². The van der Waals surface area contributed by atoms with Gasteiger partial charge >= 0.3 is 0 Å². The number of aromatic nitrogens is 1. The summed E-state index contributed by atoms with van der Waals surface area (Å²) in [6, 6.07) is 16.2. The van der Waals surface area contributed by atoms with E-state index in [1.54, 1.807) is 6.20 Å². The second-order valence-corrected chi connectivity index (χ2v) is 6.32. The van der Waals surface area contributed by atoms with Gasteiger partial charge in [-0.15, -0.1) is 0 Å². The van der Waals surface area contributed by atoms with Gasteiger partial charge < -0.3 is 4.90 Å². The fraction of sp³-hybridized carbons (Fsp3) is 0.333. The molecule has 4 nitrogen and oxygen atoms in total. The molecule has 1 amide bonds. The number of piperazine rings is 1. The lowest BCUT2D eigenvalue weighted by molar-refractivity contribution is -0.132. The largest absolute Gasteiger partial charge is 0.340 e. The quantitative estimate of drug-likeness (QED) is 0.814. The number of hydrogen-bond donors (Lipinski definition) is 0. The van der Waals surface area contributed by atoms with Gasteiger partial charge in [0.05, 0.1) is 0 Å². The van der Waals surface area contributed by atoms with Crippen molar-refractivity contribution in [3.63, 3.8) is 0 Å². The Kier molecular flexibility index (Phi) is 6.35. The first-order chi connectivity index (χ1) is 12.3. The van der Waals surface area contributed by atoms with Gasteiger partial charge in [0.2, 0.25) is 5.91 Å². The van der Waals surface area contributed by atoms with Crippen LogP contribution in [0.4, 0.5) is 0 Å². The number of carbonyl (C=O) groups is 1. The number of hydrogen-bond acceptors (Lipinski definition) is 3. The molecule has 0 N–H and O–H groups in total. The third-order valence-electron chi connectivity index (χ3n) is 4.52. The molecular formula is C21H25N3O. The highest BCUT2D eigenvalue weighted by atomic mass is 16.2. The highest BCUT2D eigenvalue weighted by Gasteiger charge is 2.20. The monoisotopic (exact) mass is 335 g/mol. The van der Waals surface area contributed by atoms with E-state index in [0.29, 0.717) is 6.42 Å². The Morgan fingerprint density at radius 1 is 1.00 bits per heavy atom. The van der Waals surface area contributed by atoms with Crippen molar-refractivity contribution in [1.82, 2.24) is 14.8 Å². The normalized spacial score (nSPS) is 15.6. The molecule has 0 radical (unpaired) electrons. The van der Waals surface area contributed by atoms with E-state index in [2.05, 4.69) is 46.3 Å². The van der Waals surface area contributed by atoms with Crippen molar-refractivity contribution >= 4 is 12.0 Å². The van der Waals surface area contributed by atoms with Gasteiger partial charge in [0.25, 0.3) is 0 Å². The second kappa shape index (κ2) is 9.14. The lowest BCUT2D eigenvalue weighted by Gasteiger charge is -2.34. The average molecular weight is 335 g/mol. The highest BCUT2D eigenvalue weighted by molar-refractivity contribution is 5.76. The van der Waals surface area contributed by atoms with Gasteiger partial charge in [-0.3, -0.25) is 14.7 Å². The van der Waals surface area contributed by atoms with E-state index in [9.17, 15) is 4.79 Å². The number of nitrogens with zero attached hydrogens (tertiary/aromatic N) is 3. The van der Waals surface area contributed by atoms with Crippen LogP contribution in [0.3, 0.4) is 0 Å². The molecule has 25 heavy (non-hydrogen) atoms. The Balaban J connectivity index is 1.38. The number of aryl methyl sites for hydroxylation is 1. The van der Waals surface area contributed by atoms with E-state index in [0.717, 1.165) is 44.8 Å². The van der Waals surface area contributed by atoms with Crippen LogP contribution in [-0.4, -0.2) is 53.4 Å². The average Bonchev–Trinajstić information content (AvgIpc) is 2.68. The molecule has 1 aliphatic rings. The minimum atomic E-state index is 0.241.